The molecule has 18 heavy (non-hydrogen) atoms. The number of aryl methyl sites for hydroxylation is 1. The Hall–Kier alpha value is -0.400. The summed E-state index contributed by atoms with van der Waals surface area (Å²) in [6.07, 6.45) is 4.58. The Bertz CT molecular complexity index is 539. The highest BCUT2D eigenvalue weighted by Crippen LogP contribution is 2.24. The lowest BCUT2D eigenvalue weighted by atomic mass is 10.0. The van der Waals surface area contributed by atoms with Crippen LogP contribution >= 0.6 is 38.5 Å². The zero-order valence-corrected chi connectivity index (χ0v) is 13.8. The van der Waals surface area contributed by atoms with Crippen LogP contribution in [0.4, 0.5) is 0 Å². The van der Waals surface area contributed by atoms with Crippen molar-refractivity contribution >= 4 is 38.5 Å². The van der Waals surface area contributed by atoms with Crippen molar-refractivity contribution < 1.29 is 0 Å². The third-order valence-electron chi connectivity index (χ3n) is 2.90. The monoisotopic (exact) mass is 419 g/mol. The fourth-order valence-corrected chi connectivity index (χ4v) is 3.04. The molecule has 0 spiro atoms. The summed E-state index contributed by atoms with van der Waals surface area (Å²) >= 11 is 5.81. The second-order valence-corrected chi connectivity index (χ2v) is 6.18. The molecule has 0 fully saturated rings. The van der Waals surface area contributed by atoms with Gasteiger partial charge in [-0.05, 0) is 53.3 Å². The second-order valence-electron chi connectivity index (χ2n) is 4.11. The topological polar surface area (TPSA) is 43.8 Å². The normalized spacial score (nSPS) is 12.7. The summed E-state index contributed by atoms with van der Waals surface area (Å²) in [5.74, 6) is 1.04. The first-order valence-electron chi connectivity index (χ1n) is 5.82. The zero-order valence-electron chi connectivity index (χ0n) is 10.1. The Morgan fingerprint density at radius 1 is 1.50 bits per heavy atom. The van der Waals surface area contributed by atoms with Gasteiger partial charge in [0, 0.05) is 39.4 Å². The maximum atomic E-state index is 6.30. The van der Waals surface area contributed by atoms with Gasteiger partial charge in [0.2, 0.25) is 0 Å². The number of benzene rings is 1. The van der Waals surface area contributed by atoms with Crippen molar-refractivity contribution in [2.75, 3.05) is 0 Å². The number of nitrogens with zero attached hydrogens (tertiary/aromatic N) is 2. The molecule has 2 rings (SSSR count). The Balaban J connectivity index is 2.21. The molecular formula is C13H15BrIN3. The highest BCUT2D eigenvalue weighted by atomic mass is 127. The molecule has 2 N–H and O–H groups in total. The quantitative estimate of drug-likeness (QED) is 0.770. The van der Waals surface area contributed by atoms with Gasteiger partial charge in [-0.1, -0.05) is 15.9 Å². The minimum Gasteiger partial charge on any atom is -0.335 e. The maximum absolute atomic E-state index is 6.30. The van der Waals surface area contributed by atoms with Crippen LogP contribution in [-0.4, -0.2) is 9.55 Å². The van der Waals surface area contributed by atoms with Crippen molar-refractivity contribution in [1.29, 1.82) is 0 Å². The van der Waals surface area contributed by atoms with Gasteiger partial charge in [0.25, 0.3) is 0 Å². The summed E-state index contributed by atoms with van der Waals surface area (Å²) in [5.41, 5.74) is 7.46. The molecule has 96 valence electrons. The van der Waals surface area contributed by atoms with E-state index in [2.05, 4.69) is 67.1 Å². The molecule has 5 heteroatoms. The molecule has 0 saturated carbocycles. The first-order valence-corrected chi connectivity index (χ1v) is 7.69. The van der Waals surface area contributed by atoms with Crippen molar-refractivity contribution in [3.05, 3.63) is 50.0 Å². The first kappa shape index (κ1) is 14.0. The Morgan fingerprint density at radius 3 is 3.00 bits per heavy atom. The molecule has 1 aromatic heterocycles. The summed E-state index contributed by atoms with van der Waals surface area (Å²) in [6.45, 7) is 3.04. The van der Waals surface area contributed by atoms with Gasteiger partial charge in [0.05, 0.1) is 0 Å². The van der Waals surface area contributed by atoms with Crippen LogP contribution < -0.4 is 5.73 Å². The molecule has 1 aromatic carbocycles. The number of aromatic nitrogens is 2. The summed E-state index contributed by atoms with van der Waals surface area (Å²) < 4.78 is 4.38. The van der Waals surface area contributed by atoms with E-state index in [0.717, 1.165) is 28.8 Å². The van der Waals surface area contributed by atoms with Crippen LogP contribution in [-0.2, 0) is 13.0 Å². The van der Waals surface area contributed by atoms with Gasteiger partial charge in [-0.2, -0.15) is 0 Å². The van der Waals surface area contributed by atoms with E-state index in [0.29, 0.717) is 0 Å². The third kappa shape index (κ3) is 3.13. The molecule has 1 atom stereocenters. The van der Waals surface area contributed by atoms with Crippen LogP contribution in [0.15, 0.2) is 35.1 Å². The van der Waals surface area contributed by atoms with Gasteiger partial charge in [-0.3, -0.25) is 0 Å². The standard InChI is InChI=1S/C13H15BrIN3/c1-2-18-6-5-17-13(18)8-12(16)10-7-9(14)3-4-11(10)15/h3-7,12H,2,8,16H2,1H3. The molecule has 0 aliphatic rings. The Morgan fingerprint density at radius 2 is 2.28 bits per heavy atom. The summed E-state index contributed by atoms with van der Waals surface area (Å²) in [4.78, 5) is 4.37. The molecule has 0 radical (unpaired) electrons. The van der Waals surface area contributed by atoms with Crippen LogP contribution in [0, 0.1) is 3.57 Å². The van der Waals surface area contributed by atoms with Crippen LogP contribution in [0.25, 0.3) is 0 Å². The fourth-order valence-electron chi connectivity index (χ4n) is 1.92. The molecule has 0 aliphatic carbocycles. The number of hydrogen-bond donors (Lipinski definition) is 1. The van der Waals surface area contributed by atoms with Crippen molar-refractivity contribution in [2.45, 2.75) is 25.9 Å². The summed E-state index contributed by atoms with van der Waals surface area (Å²) in [5, 5.41) is 0. The number of hydrogen-bond acceptors (Lipinski definition) is 2. The molecule has 1 unspecified atom stereocenters. The van der Waals surface area contributed by atoms with Crippen LogP contribution in [0.2, 0.25) is 0 Å². The Labute approximate surface area is 129 Å². The van der Waals surface area contributed by atoms with E-state index >= 15 is 0 Å². The zero-order chi connectivity index (χ0) is 13.1. The van der Waals surface area contributed by atoms with E-state index in [-0.39, 0.29) is 6.04 Å². The minimum atomic E-state index is -0.0258. The van der Waals surface area contributed by atoms with Gasteiger partial charge in [0.1, 0.15) is 5.82 Å². The summed E-state index contributed by atoms with van der Waals surface area (Å²) in [6, 6.07) is 6.17. The fraction of sp³-hybridized carbons (Fsp3) is 0.308. The van der Waals surface area contributed by atoms with Crippen LogP contribution in [0.5, 0.6) is 0 Å². The number of rotatable bonds is 4. The minimum absolute atomic E-state index is 0.0258. The molecular weight excluding hydrogens is 405 g/mol. The van der Waals surface area contributed by atoms with Gasteiger partial charge >= 0.3 is 0 Å². The highest BCUT2D eigenvalue weighted by Gasteiger charge is 2.13. The van der Waals surface area contributed by atoms with Crippen LogP contribution in [0.3, 0.4) is 0 Å². The molecule has 0 saturated heterocycles. The largest absolute Gasteiger partial charge is 0.335 e. The highest BCUT2D eigenvalue weighted by molar-refractivity contribution is 14.1. The van der Waals surface area contributed by atoms with Gasteiger partial charge in [-0.15, -0.1) is 0 Å². The molecule has 1 heterocycles. The van der Waals surface area contributed by atoms with Crippen molar-refractivity contribution in [1.82, 2.24) is 9.55 Å². The predicted octanol–water partition coefficient (Wildman–Crippen LogP) is 3.51. The lowest BCUT2D eigenvalue weighted by molar-refractivity contribution is 0.626. The molecule has 0 amide bonds. The van der Waals surface area contributed by atoms with Crippen molar-refractivity contribution in [3.63, 3.8) is 0 Å². The van der Waals surface area contributed by atoms with Crippen molar-refractivity contribution in [3.8, 4) is 0 Å². The average molecular weight is 420 g/mol. The Kier molecular flexibility index (Phi) is 4.80. The van der Waals surface area contributed by atoms with E-state index in [1.807, 2.05) is 18.5 Å². The lowest BCUT2D eigenvalue weighted by Crippen LogP contribution is -2.17. The first-order chi connectivity index (χ1) is 8.61. The van der Waals surface area contributed by atoms with Crippen LogP contribution in [0.1, 0.15) is 24.4 Å². The van der Waals surface area contributed by atoms with Crippen molar-refractivity contribution in [2.24, 2.45) is 5.73 Å². The molecule has 0 bridgehead atoms. The second kappa shape index (κ2) is 6.16. The maximum Gasteiger partial charge on any atom is 0.110 e. The van der Waals surface area contributed by atoms with Gasteiger partial charge in [0.15, 0.2) is 0 Å². The van der Waals surface area contributed by atoms with E-state index in [9.17, 15) is 0 Å². The van der Waals surface area contributed by atoms with E-state index in [1.54, 1.807) is 0 Å². The SMILES string of the molecule is CCn1ccnc1CC(N)c1cc(Br)ccc1I. The number of imidazole rings is 1. The van der Waals surface area contributed by atoms with E-state index in [1.165, 1.54) is 3.57 Å². The lowest BCUT2D eigenvalue weighted by Gasteiger charge is -2.15. The number of halogens is 2. The molecule has 0 aliphatic heterocycles. The molecule has 2 aromatic rings. The van der Waals surface area contributed by atoms with Gasteiger partial charge < -0.3 is 10.3 Å². The number of nitrogens with two attached hydrogens (primary N) is 1. The molecule has 3 nitrogen and oxygen atoms in total. The third-order valence-corrected chi connectivity index (χ3v) is 4.38. The predicted molar refractivity (Wildman–Crippen MR) is 85.4 cm³/mol. The summed E-state index contributed by atoms with van der Waals surface area (Å²) in [7, 11) is 0. The van der Waals surface area contributed by atoms with E-state index < -0.39 is 0 Å². The smallest absolute Gasteiger partial charge is 0.110 e. The average Bonchev–Trinajstić information content (AvgIpc) is 2.79. The van der Waals surface area contributed by atoms with Gasteiger partial charge in [-0.25, -0.2) is 4.98 Å². The van der Waals surface area contributed by atoms with E-state index in [4.69, 9.17) is 5.73 Å².